The topological polar surface area (TPSA) is 67.4 Å². The van der Waals surface area contributed by atoms with Gasteiger partial charge in [-0.25, -0.2) is 13.1 Å². The molecule has 6 heteroatoms. The molecule has 1 spiro atoms. The largest absolute Gasteiger partial charge is 0.370 e. The molecule has 0 amide bonds. The normalized spacial score (nSPS) is 27.1. The average Bonchev–Trinajstić information content (AvgIpc) is 2.88. The van der Waals surface area contributed by atoms with Crippen LogP contribution in [0.2, 0.25) is 0 Å². The van der Waals surface area contributed by atoms with Crippen LogP contribution in [-0.2, 0) is 14.8 Å². The minimum Gasteiger partial charge on any atom is -0.370 e. The van der Waals surface area contributed by atoms with Crippen molar-refractivity contribution in [2.24, 2.45) is 0 Å². The average molecular weight is 276 g/mol. The van der Waals surface area contributed by atoms with Crippen LogP contribution in [0.3, 0.4) is 0 Å². The van der Waals surface area contributed by atoms with E-state index in [2.05, 4.69) is 10.0 Å². The molecule has 2 rings (SSSR count). The minimum atomic E-state index is -3.06. The molecule has 1 unspecified atom stereocenters. The lowest BCUT2D eigenvalue weighted by Gasteiger charge is -2.23. The number of nitrogens with one attached hydrogen (secondary N) is 2. The van der Waals surface area contributed by atoms with Crippen LogP contribution in [0, 0.1) is 0 Å². The van der Waals surface area contributed by atoms with Crippen LogP contribution in [0.25, 0.3) is 0 Å². The van der Waals surface area contributed by atoms with E-state index in [9.17, 15) is 8.42 Å². The quantitative estimate of drug-likeness (QED) is 0.698. The van der Waals surface area contributed by atoms with Crippen molar-refractivity contribution in [3.63, 3.8) is 0 Å². The molecule has 1 saturated carbocycles. The van der Waals surface area contributed by atoms with Gasteiger partial charge < -0.3 is 10.1 Å². The molecule has 2 aliphatic rings. The molecule has 0 radical (unpaired) electrons. The third-order valence-electron chi connectivity index (χ3n) is 3.89. The van der Waals surface area contributed by atoms with Crippen LogP contribution in [0.5, 0.6) is 0 Å². The van der Waals surface area contributed by atoms with Gasteiger partial charge in [0.25, 0.3) is 0 Å². The Balaban J connectivity index is 1.58. The van der Waals surface area contributed by atoms with Crippen molar-refractivity contribution in [3.8, 4) is 0 Å². The molecular weight excluding hydrogens is 252 g/mol. The van der Waals surface area contributed by atoms with Crippen LogP contribution in [0.4, 0.5) is 0 Å². The van der Waals surface area contributed by atoms with E-state index in [-0.39, 0.29) is 5.60 Å². The lowest BCUT2D eigenvalue weighted by Crippen LogP contribution is -2.35. The second kappa shape index (κ2) is 5.86. The van der Waals surface area contributed by atoms with E-state index in [1.54, 1.807) is 0 Å². The fourth-order valence-electron chi connectivity index (χ4n) is 3.01. The Kier molecular flexibility index (Phi) is 4.64. The zero-order valence-electron chi connectivity index (χ0n) is 11.1. The van der Waals surface area contributed by atoms with Crippen molar-refractivity contribution < 1.29 is 13.2 Å². The third kappa shape index (κ3) is 4.19. The van der Waals surface area contributed by atoms with Gasteiger partial charge in [0.2, 0.25) is 10.0 Å². The number of rotatable bonds is 6. The monoisotopic (exact) mass is 276 g/mol. The van der Waals surface area contributed by atoms with Crippen molar-refractivity contribution in [2.45, 2.75) is 50.2 Å². The first kappa shape index (κ1) is 14.2. The highest BCUT2D eigenvalue weighted by atomic mass is 32.2. The van der Waals surface area contributed by atoms with Crippen molar-refractivity contribution in [1.82, 2.24) is 10.0 Å². The summed E-state index contributed by atoms with van der Waals surface area (Å²) in [7, 11) is -3.06. The van der Waals surface area contributed by atoms with Gasteiger partial charge in [-0.1, -0.05) is 12.8 Å². The van der Waals surface area contributed by atoms with Crippen LogP contribution in [-0.4, -0.2) is 46.0 Å². The number of sulfonamides is 1. The van der Waals surface area contributed by atoms with Crippen molar-refractivity contribution in [3.05, 3.63) is 0 Å². The molecule has 1 aliphatic carbocycles. The van der Waals surface area contributed by atoms with Gasteiger partial charge in [0.15, 0.2) is 0 Å². The van der Waals surface area contributed by atoms with Crippen molar-refractivity contribution >= 4 is 10.0 Å². The first-order chi connectivity index (χ1) is 8.49. The molecule has 0 aromatic carbocycles. The maximum absolute atomic E-state index is 10.9. The predicted octanol–water partition coefficient (Wildman–Crippen LogP) is 0.617. The van der Waals surface area contributed by atoms with E-state index in [1.165, 1.54) is 38.4 Å². The summed E-state index contributed by atoms with van der Waals surface area (Å²) in [6, 6.07) is 0. The molecule has 106 valence electrons. The molecule has 2 N–H and O–H groups in total. The van der Waals surface area contributed by atoms with Gasteiger partial charge in [-0.15, -0.1) is 0 Å². The Bertz CT molecular complexity index is 364. The van der Waals surface area contributed by atoms with Crippen molar-refractivity contribution in [2.75, 3.05) is 25.9 Å². The summed E-state index contributed by atoms with van der Waals surface area (Å²) >= 11 is 0. The maximum Gasteiger partial charge on any atom is 0.208 e. The lowest BCUT2D eigenvalue weighted by atomic mass is 9.98. The van der Waals surface area contributed by atoms with Gasteiger partial charge in [0, 0.05) is 19.6 Å². The summed E-state index contributed by atoms with van der Waals surface area (Å²) in [4.78, 5) is 0. The number of hydrogen-bond donors (Lipinski definition) is 2. The van der Waals surface area contributed by atoms with Gasteiger partial charge in [-0.2, -0.15) is 0 Å². The SMILES string of the molecule is CS(=O)(=O)NCCNCC1CCC2(CCCC2)O1. The van der Waals surface area contributed by atoms with Gasteiger partial charge in [0.05, 0.1) is 18.0 Å². The Hall–Kier alpha value is -0.170. The molecule has 0 bridgehead atoms. The number of ether oxygens (including phenoxy) is 1. The second-order valence-electron chi connectivity index (χ2n) is 5.54. The fourth-order valence-corrected chi connectivity index (χ4v) is 3.49. The molecule has 1 saturated heterocycles. The van der Waals surface area contributed by atoms with E-state index in [0.29, 0.717) is 19.2 Å². The van der Waals surface area contributed by atoms with E-state index in [1.807, 2.05) is 0 Å². The summed E-state index contributed by atoms with van der Waals surface area (Å²) in [6.07, 6.45) is 8.86. The lowest BCUT2D eigenvalue weighted by molar-refractivity contribution is -0.0349. The molecule has 1 aliphatic heterocycles. The molecule has 1 heterocycles. The molecular formula is C12H24N2O3S. The minimum absolute atomic E-state index is 0.192. The smallest absolute Gasteiger partial charge is 0.208 e. The van der Waals surface area contributed by atoms with Crippen LogP contribution in [0.15, 0.2) is 0 Å². The predicted molar refractivity (Wildman–Crippen MR) is 71.0 cm³/mol. The van der Waals surface area contributed by atoms with Gasteiger partial charge in [0.1, 0.15) is 0 Å². The van der Waals surface area contributed by atoms with Crippen LogP contribution >= 0.6 is 0 Å². The standard InChI is InChI=1S/C12H24N2O3S/c1-18(15,16)14-9-8-13-10-11-4-7-12(17-11)5-2-3-6-12/h11,13-14H,2-10H2,1H3. The van der Waals surface area contributed by atoms with Crippen molar-refractivity contribution in [1.29, 1.82) is 0 Å². The first-order valence-electron chi connectivity index (χ1n) is 6.82. The van der Waals surface area contributed by atoms with E-state index in [0.717, 1.165) is 13.0 Å². The molecule has 5 nitrogen and oxygen atoms in total. The van der Waals surface area contributed by atoms with E-state index >= 15 is 0 Å². The molecule has 0 aromatic heterocycles. The fraction of sp³-hybridized carbons (Fsp3) is 1.00. The second-order valence-corrected chi connectivity index (χ2v) is 7.37. The summed E-state index contributed by atoms with van der Waals surface area (Å²) < 4.78 is 30.3. The molecule has 18 heavy (non-hydrogen) atoms. The Morgan fingerprint density at radius 1 is 1.22 bits per heavy atom. The van der Waals surface area contributed by atoms with E-state index < -0.39 is 10.0 Å². The van der Waals surface area contributed by atoms with E-state index in [4.69, 9.17) is 4.74 Å². The Labute approximate surface area is 110 Å². The highest BCUT2D eigenvalue weighted by molar-refractivity contribution is 7.88. The van der Waals surface area contributed by atoms with Gasteiger partial charge in [-0.3, -0.25) is 0 Å². The highest BCUT2D eigenvalue weighted by Gasteiger charge is 2.41. The van der Waals surface area contributed by atoms with Crippen LogP contribution < -0.4 is 10.0 Å². The van der Waals surface area contributed by atoms with Gasteiger partial charge in [-0.05, 0) is 25.7 Å². The van der Waals surface area contributed by atoms with Crippen LogP contribution in [0.1, 0.15) is 38.5 Å². The summed E-state index contributed by atoms with van der Waals surface area (Å²) in [5.41, 5.74) is 0.192. The molecule has 0 aromatic rings. The van der Waals surface area contributed by atoms with Gasteiger partial charge >= 0.3 is 0 Å². The maximum atomic E-state index is 10.9. The number of hydrogen-bond acceptors (Lipinski definition) is 4. The Morgan fingerprint density at radius 2 is 1.94 bits per heavy atom. The Morgan fingerprint density at radius 3 is 2.61 bits per heavy atom. The zero-order valence-corrected chi connectivity index (χ0v) is 11.9. The zero-order chi connectivity index (χ0) is 13.1. The molecule has 2 fully saturated rings. The summed E-state index contributed by atoms with van der Waals surface area (Å²) in [6.45, 7) is 1.92. The molecule has 1 atom stereocenters. The summed E-state index contributed by atoms with van der Waals surface area (Å²) in [5, 5.41) is 3.25. The highest BCUT2D eigenvalue weighted by Crippen LogP contribution is 2.42. The third-order valence-corrected chi connectivity index (χ3v) is 4.62. The first-order valence-corrected chi connectivity index (χ1v) is 8.71. The summed E-state index contributed by atoms with van der Waals surface area (Å²) in [5.74, 6) is 0.